The molecule has 2 rings (SSSR count). The molecule has 5 heteroatoms. The summed E-state index contributed by atoms with van der Waals surface area (Å²) in [5.41, 5.74) is 4.82. The molecule has 0 fully saturated rings. The Balaban J connectivity index is 2.31. The van der Waals surface area contributed by atoms with Crippen molar-refractivity contribution in [2.24, 2.45) is 5.84 Å². The van der Waals surface area contributed by atoms with E-state index in [1.54, 1.807) is 17.5 Å². The van der Waals surface area contributed by atoms with Crippen molar-refractivity contribution in [1.29, 1.82) is 0 Å². The molecule has 0 spiro atoms. The smallest absolute Gasteiger partial charge is 0.0889 e. The highest BCUT2D eigenvalue weighted by atomic mass is 79.9. The zero-order chi connectivity index (χ0) is 10.7. The van der Waals surface area contributed by atoms with Gasteiger partial charge >= 0.3 is 0 Å². The molecule has 1 atom stereocenters. The molecule has 1 unspecified atom stereocenters. The van der Waals surface area contributed by atoms with Crippen molar-refractivity contribution < 1.29 is 0 Å². The van der Waals surface area contributed by atoms with Crippen molar-refractivity contribution in [1.82, 2.24) is 10.4 Å². The number of rotatable bonds is 3. The van der Waals surface area contributed by atoms with Crippen LogP contribution in [0.2, 0.25) is 0 Å². The zero-order valence-corrected chi connectivity index (χ0v) is 10.3. The van der Waals surface area contributed by atoms with Crippen molar-refractivity contribution in [3.8, 4) is 0 Å². The summed E-state index contributed by atoms with van der Waals surface area (Å²) < 4.78 is 0.965. The predicted octanol–water partition coefficient (Wildman–Crippen LogP) is 2.46. The first-order valence-corrected chi connectivity index (χ1v) is 6.14. The van der Waals surface area contributed by atoms with Gasteiger partial charge in [0.25, 0.3) is 0 Å². The molecule has 0 aliphatic carbocycles. The van der Waals surface area contributed by atoms with E-state index in [-0.39, 0.29) is 6.04 Å². The van der Waals surface area contributed by atoms with E-state index in [1.807, 2.05) is 23.6 Å². The van der Waals surface area contributed by atoms with Crippen LogP contribution in [0.4, 0.5) is 0 Å². The summed E-state index contributed by atoms with van der Waals surface area (Å²) in [6, 6.07) is 5.91. The molecule has 2 heterocycles. The van der Waals surface area contributed by atoms with Crippen molar-refractivity contribution in [2.75, 3.05) is 0 Å². The molecule has 0 aromatic carbocycles. The van der Waals surface area contributed by atoms with E-state index in [0.717, 1.165) is 15.7 Å². The number of hydrazine groups is 1. The van der Waals surface area contributed by atoms with E-state index in [9.17, 15) is 0 Å². The Morgan fingerprint density at radius 2 is 2.27 bits per heavy atom. The van der Waals surface area contributed by atoms with Gasteiger partial charge in [-0.15, -0.1) is 0 Å². The van der Waals surface area contributed by atoms with Crippen LogP contribution in [0.25, 0.3) is 0 Å². The standard InChI is InChI=1S/C10H10BrN3S/c11-8-1-2-9(13-5-8)10(14-12)7-3-4-15-6-7/h1-6,10,14H,12H2. The molecule has 0 aliphatic heterocycles. The Morgan fingerprint density at radius 3 is 2.80 bits per heavy atom. The van der Waals surface area contributed by atoms with Gasteiger partial charge in [0, 0.05) is 10.7 Å². The first kappa shape index (κ1) is 10.8. The monoisotopic (exact) mass is 283 g/mol. The molecule has 0 aliphatic rings. The first-order valence-electron chi connectivity index (χ1n) is 4.41. The molecule has 0 radical (unpaired) electrons. The second kappa shape index (κ2) is 4.85. The van der Waals surface area contributed by atoms with Crippen molar-refractivity contribution in [3.05, 3.63) is 50.9 Å². The predicted molar refractivity (Wildman–Crippen MR) is 65.4 cm³/mol. The van der Waals surface area contributed by atoms with Crippen LogP contribution < -0.4 is 11.3 Å². The number of thiophene rings is 1. The summed E-state index contributed by atoms with van der Waals surface area (Å²) >= 11 is 5.00. The fraction of sp³-hybridized carbons (Fsp3) is 0.100. The lowest BCUT2D eigenvalue weighted by Crippen LogP contribution is -2.29. The summed E-state index contributed by atoms with van der Waals surface area (Å²) in [6.45, 7) is 0. The average Bonchev–Trinajstić information content (AvgIpc) is 2.75. The molecule has 0 bridgehead atoms. The quantitative estimate of drug-likeness (QED) is 0.672. The van der Waals surface area contributed by atoms with Crippen LogP contribution in [0.15, 0.2) is 39.6 Å². The van der Waals surface area contributed by atoms with Gasteiger partial charge in [-0.3, -0.25) is 10.8 Å². The Morgan fingerprint density at radius 1 is 1.40 bits per heavy atom. The van der Waals surface area contributed by atoms with Crippen molar-refractivity contribution in [3.63, 3.8) is 0 Å². The number of nitrogens with zero attached hydrogens (tertiary/aromatic N) is 1. The fourth-order valence-electron chi connectivity index (χ4n) is 1.35. The van der Waals surface area contributed by atoms with E-state index in [2.05, 4.69) is 31.7 Å². The van der Waals surface area contributed by atoms with Crippen LogP contribution >= 0.6 is 27.3 Å². The third kappa shape index (κ3) is 2.43. The summed E-state index contributed by atoms with van der Waals surface area (Å²) in [6.07, 6.45) is 1.77. The van der Waals surface area contributed by atoms with E-state index in [0.29, 0.717) is 0 Å². The third-order valence-electron chi connectivity index (χ3n) is 2.09. The molecule has 78 valence electrons. The van der Waals surface area contributed by atoms with Crippen LogP contribution in [0, 0.1) is 0 Å². The Kier molecular flexibility index (Phi) is 3.48. The van der Waals surface area contributed by atoms with Crippen LogP contribution in [0.3, 0.4) is 0 Å². The molecule has 3 nitrogen and oxygen atoms in total. The number of nitrogens with one attached hydrogen (secondary N) is 1. The highest BCUT2D eigenvalue weighted by Gasteiger charge is 2.13. The van der Waals surface area contributed by atoms with Gasteiger partial charge in [-0.1, -0.05) is 0 Å². The van der Waals surface area contributed by atoms with Crippen LogP contribution in [-0.4, -0.2) is 4.98 Å². The summed E-state index contributed by atoms with van der Waals surface area (Å²) in [5, 5.41) is 4.09. The molecule has 0 saturated carbocycles. The topological polar surface area (TPSA) is 50.9 Å². The number of nitrogens with two attached hydrogens (primary N) is 1. The molecule has 2 aromatic heterocycles. The van der Waals surface area contributed by atoms with E-state index < -0.39 is 0 Å². The van der Waals surface area contributed by atoms with Crippen LogP contribution in [-0.2, 0) is 0 Å². The van der Waals surface area contributed by atoms with Crippen molar-refractivity contribution >= 4 is 27.3 Å². The molecular formula is C10H10BrN3S. The van der Waals surface area contributed by atoms with Crippen LogP contribution in [0.1, 0.15) is 17.3 Å². The maximum atomic E-state index is 5.54. The van der Waals surface area contributed by atoms with Crippen LogP contribution in [0.5, 0.6) is 0 Å². The second-order valence-corrected chi connectivity index (χ2v) is 4.75. The lowest BCUT2D eigenvalue weighted by Gasteiger charge is -2.13. The van der Waals surface area contributed by atoms with Gasteiger partial charge in [0.15, 0.2) is 0 Å². The fourth-order valence-corrected chi connectivity index (χ4v) is 2.27. The zero-order valence-electron chi connectivity index (χ0n) is 7.85. The van der Waals surface area contributed by atoms with E-state index in [1.165, 1.54) is 0 Å². The van der Waals surface area contributed by atoms with Gasteiger partial charge in [0.1, 0.15) is 0 Å². The normalized spacial score (nSPS) is 12.7. The molecule has 15 heavy (non-hydrogen) atoms. The average molecular weight is 284 g/mol. The Bertz CT molecular complexity index is 413. The maximum Gasteiger partial charge on any atom is 0.0889 e. The third-order valence-corrected chi connectivity index (χ3v) is 3.26. The number of hydrogen-bond acceptors (Lipinski definition) is 4. The van der Waals surface area contributed by atoms with Gasteiger partial charge in [-0.2, -0.15) is 11.3 Å². The summed E-state index contributed by atoms with van der Waals surface area (Å²) in [5.74, 6) is 5.54. The molecule has 2 aromatic rings. The lowest BCUT2D eigenvalue weighted by molar-refractivity contribution is 0.622. The first-order chi connectivity index (χ1) is 7.31. The molecule has 0 saturated heterocycles. The minimum Gasteiger partial charge on any atom is -0.271 e. The summed E-state index contributed by atoms with van der Waals surface area (Å²) in [7, 11) is 0. The van der Waals surface area contributed by atoms with E-state index >= 15 is 0 Å². The molecule has 3 N–H and O–H groups in total. The van der Waals surface area contributed by atoms with Crippen molar-refractivity contribution in [2.45, 2.75) is 6.04 Å². The Labute approximate surface area is 100 Å². The van der Waals surface area contributed by atoms with Gasteiger partial charge in [0.2, 0.25) is 0 Å². The number of pyridine rings is 1. The minimum atomic E-state index is -0.0376. The largest absolute Gasteiger partial charge is 0.271 e. The van der Waals surface area contributed by atoms with Gasteiger partial charge < -0.3 is 0 Å². The highest BCUT2D eigenvalue weighted by molar-refractivity contribution is 9.10. The summed E-state index contributed by atoms with van der Waals surface area (Å²) in [4.78, 5) is 4.32. The molecule has 0 amide bonds. The second-order valence-electron chi connectivity index (χ2n) is 3.06. The SMILES string of the molecule is NNC(c1ccsc1)c1ccc(Br)cn1. The Hall–Kier alpha value is -0.750. The minimum absolute atomic E-state index is 0.0376. The van der Waals surface area contributed by atoms with E-state index in [4.69, 9.17) is 5.84 Å². The highest BCUT2D eigenvalue weighted by Crippen LogP contribution is 2.22. The lowest BCUT2D eigenvalue weighted by atomic mass is 10.1. The van der Waals surface area contributed by atoms with Gasteiger partial charge in [0.05, 0.1) is 11.7 Å². The number of hydrogen-bond donors (Lipinski definition) is 2. The van der Waals surface area contributed by atoms with Gasteiger partial charge in [-0.05, 0) is 50.5 Å². The number of halogens is 1. The molecular weight excluding hydrogens is 274 g/mol. The van der Waals surface area contributed by atoms with Gasteiger partial charge in [-0.25, -0.2) is 5.43 Å². The number of aromatic nitrogens is 1. The maximum absolute atomic E-state index is 5.54.